The standard InChI is InChI=1S/C25H17BrClNO2/c1-13-10-11-14(27)12-19(13)28-23(29)21-20-15-6-2-4-8-17(15)25(26,22(21)24(28)30)18-9-5-3-7-16(18)20/h2-12,20-22H,1H3/t20?,21-,22+,25?/m1/s1. The largest absolute Gasteiger partial charge is 0.274 e. The lowest BCUT2D eigenvalue weighted by Gasteiger charge is -2.51. The van der Waals surface area contributed by atoms with Gasteiger partial charge in [-0.1, -0.05) is 82.1 Å². The van der Waals surface area contributed by atoms with E-state index in [2.05, 4.69) is 40.2 Å². The number of imide groups is 1. The molecule has 30 heavy (non-hydrogen) atoms. The minimum Gasteiger partial charge on any atom is -0.274 e. The minimum absolute atomic E-state index is 0.136. The van der Waals surface area contributed by atoms with Crippen LogP contribution in [0.3, 0.4) is 0 Å². The van der Waals surface area contributed by atoms with Crippen molar-refractivity contribution in [3.63, 3.8) is 0 Å². The molecule has 1 fully saturated rings. The van der Waals surface area contributed by atoms with E-state index in [1.807, 2.05) is 37.3 Å². The molecule has 3 nitrogen and oxygen atoms in total. The van der Waals surface area contributed by atoms with Crippen LogP contribution in [0.5, 0.6) is 0 Å². The van der Waals surface area contributed by atoms with Crippen molar-refractivity contribution >= 4 is 45.0 Å². The highest BCUT2D eigenvalue weighted by Crippen LogP contribution is 2.66. The number of alkyl halides is 1. The molecule has 0 saturated carbocycles. The third kappa shape index (κ3) is 2.06. The Kier molecular flexibility index (Phi) is 3.70. The number of amides is 2. The number of halogens is 2. The van der Waals surface area contributed by atoms with Crippen molar-refractivity contribution in [3.8, 4) is 0 Å². The molecule has 0 spiro atoms. The maximum Gasteiger partial charge on any atom is 0.239 e. The molecule has 3 aromatic carbocycles. The predicted molar refractivity (Wildman–Crippen MR) is 120 cm³/mol. The van der Waals surface area contributed by atoms with Crippen molar-refractivity contribution in [1.29, 1.82) is 0 Å². The van der Waals surface area contributed by atoms with Gasteiger partial charge in [0.1, 0.15) is 0 Å². The average Bonchev–Trinajstić information content (AvgIpc) is 3.02. The third-order valence-electron chi connectivity index (χ3n) is 6.93. The van der Waals surface area contributed by atoms with Crippen LogP contribution in [0.25, 0.3) is 0 Å². The Morgan fingerprint density at radius 3 is 2.13 bits per heavy atom. The lowest BCUT2D eigenvalue weighted by atomic mass is 9.55. The van der Waals surface area contributed by atoms with E-state index in [1.54, 1.807) is 12.1 Å². The molecule has 1 aliphatic heterocycles. The molecule has 148 valence electrons. The maximum absolute atomic E-state index is 13.9. The normalized spacial score (nSPS) is 28.4. The van der Waals surface area contributed by atoms with Crippen molar-refractivity contribution < 1.29 is 9.59 Å². The van der Waals surface area contributed by atoms with Crippen LogP contribution in [-0.4, -0.2) is 11.8 Å². The fourth-order valence-electron chi connectivity index (χ4n) is 5.74. The molecule has 4 aliphatic rings. The first kappa shape index (κ1) is 18.3. The van der Waals surface area contributed by atoms with Gasteiger partial charge < -0.3 is 0 Å². The first-order chi connectivity index (χ1) is 14.4. The quantitative estimate of drug-likeness (QED) is 0.340. The summed E-state index contributed by atoms with van der Waals surface area (Å²) in [5.41, 5.74) is 5.85. The fraction of sp³-hybridized carbons (Fsp3) is 0.200. The zero-order chi connectivity index (χ0) is 20.8. The van der Waals surface area contributed by atoms with Crippen molar-refractivity contribution in [2.75, 3.05) is 4.90 Å². The van der Waals surface area contributed by atoms with E-state index >= 15 is 0 Å². The number of hydrogen-bond acceptors (Lipinski definition) is 2. The summed E-state index contributed by atoms with van der Waals surface area (Å²) in [4.78, 5) is 29.0. The summed E-state index contributed by atoms with van der Waals surface area (Å²) >= 11 is 10.2. The van der Waals surface area contributed by atoms with Crippen molar-refractivity contribution in [3.05, 3.63) is 99.6 Å². The summed E-state index contributed by atoms with van der Waals surface area (Å²) in [7, 11) is 0. The van der Waals surface area contributed by atoms with Gasteiger partial charge in [-0.2, -0.15) is 0 Å². The van der Waals surface area contributed by atoms with Gasteiger partial charge in [-0.25, -0.2) is 4.90 Å². The van der Waals surface area contributed by atoms with Crippen LogP contribution in [0.15, 0.2) is 66.7 Å². The number of carbonyl (C=O) groups is 2. The van der Waals surface area contributed by atoms with Crippen LogP contribution in [-0.2, 0) is 13.9 Å². The van der Waals surface area contributed by atoms with Gasteiger partial charge in [0.05, 0.1) is 21.8 Å². The van der Waals surface area contributed by atoms with E-state index in [0.717, 1.165) is 27.8 Å². The summed E-state index contributed by atoms with van der Waals surface area (Å²) in [6.45, 7) is 1.90. The minimum atomic E-state index is -0.729. The van der Waals surface area contributed by atoms with Gasteiger partial charge in [0.25, 0.3) is 0 Å². The molecule has 0 aromatic heterocycles. The van der Waals surface area contributed by atoms with E-state index in [-0.39, 0.29) is 17.7 Å². The van der Waals surface area contributed by atoms with Gasteiger partial charge in [-0.3, -0.25) is 9.59 Å². The van der Waals surface area contributed by atoms with Crippen molar-refractivity contribution in [1.82, 2.24) is 0 Å². The van der Waals surface area contributed by atoms with E-state index in [9.17, 15) is 9.59 Å². The van der Waals surface area contributed by atoms with Gasteiger partial charge in [0.2, 0.25) is 11.8 Å². The molecule has 1 saturated heterocycles. The second-order valence-electron chi connectivity index (χ2n) is 8.31. The summed E-state index contributed by atoms with van der Waals surface area (Å²) in [6, 6.07) is 21.7. The van der Waals surface area contributed by atoms with Gasteiger partial charge >= 0.3 is 0 Å². The molecule has 0 N–H and O–H groups in total. The van der Waals surface area contributed by atoms with Crippen molar-refractivity contribution in [2.45, 2.75) is 17.2 Å². The van der Waals surface area contributed by atoms with E-state index in [1.165, 1.54) is 4.90 Å². The monoisotopic (exact) mass is 477 g/mol. The lowest BCUT2D eigenvalue weighted by molar-refractivity contribution is -0.122. The van der Waals surface area contributed by atoms with Crippen molar-refractivity contribution in [2.24, 2.45) is 11.8 Å². The number of anilines is 1. The molecular formula is C25H17BrClNO2. The van der Waals surface area contributed by atoms with Crippen LogP contribution >= 0.6 is 27.5 Å². The smallest absolute Gasteiger partial charge is 0.239 e. The Labute approximate surface area is 187 Å². The molecule has 3 aliphatic carbocycles. The molecule has 2 bridgehead atoms. The van der Waals surface area contributed by atoms with Crippen LogP contribution in [0, 0.1) is 18.8 Å². The van der Waals surface area contributed by atoms with Crippen LogP contribution in [0.4, 0.5) is 5.69 Å². The molecule has 2 amide bonds. The Morgan fingerprint density at radius 1 is 0.900 bits per heavy atom. The Morgan fingerprint density at radius 2 is 1.50 bits per heavy atom. The molecule has 5 heteroatoms. The van der Waals surface area contributed by atoms with Gasteiger partial charge in [0, 0.05) is 10.9 Å². The highest BCUT2D eigenvalue weighted by atomic mass is 79.9. The van der Waals surface area contributed by atoms with E-state index in [4.69, 9.17) is 11.6 Å². The number of aryl methyl sites for hydroxylation is 1. The summed E-state index contributed by atoms with van der Waals surface area (Å²) in [5, 5.41) is 0.508. The first-order valence-electron chi connectivity index (χ1n) is 9.96. The predicted octanol–water partition coefficient (Wildman–Crippen LogP) is 5.55. The SMILES string of the molecule is Cc1ccc(Cl)cc1N1C(=O)[C@@H]2C3c4ccccc4C(Br)(c4ccccc43)[C@@H]2C1=O. The van der Waals surface area contributed by atoms with Crippen LogP contribution in [0.2, 0.25) is 5.02 Å². The lowest BCUT2D eigenvalue weighted by Crippen LogP contribution is -2.50. The Bertz CT molecular complexity index is 1220. The molecule has 2 atom stereocenters. The van der Waals surface area contributed by atoms with Gasteiger partial charge in [-0.05, 0) is 46.9 Å². The highest BCUT2D eigenvalue weighted by Gasteiger charge is 2.67. The Hall–Kier alpha value is -2.43. The second kappa shape index (κ2) is 6.05. The first-order valence-corrected chi connectivity index (χ1v) is 11.1. The van der Waals surface area contributed by atoms with Gasteiger partial charge in [-0.15, -0.1) is 0 Å². The van der Waals surface area contributed by atoms with Crippen LogP contribution < -0.4 is 4.90 Å². The average molecular weight is 479 g/mol. The topological polar surface area (TPSA) is 37.4 Å². The number of rotatable bonds is 1. The zero-order valence-electron chi connectivity index (χ0n) is 16.1. The molecule has 7 rings (SSSR count). The third-order valence-corrected chi connectivity index (χ3v) is 8.51. The molecule has 3 aromatic rings. The fourth-order valence-corrected chi connectivity index (χ4v) is 7.11. The second-order valence-corrected chi connectivity index (χ2v) is 10.00. The van der Waals surface area contributed by atoms with E-state index < -0.39 is 16.2 Å². The van der Waals surface area contributed by atoms with Gasteiger partial charge in [0.15, 0.2) is 0 Å². The highest BCUT2D eigenvalue weighted by molar-refractivity contribution is 9.09. The summed E-state index contributed by atoms with van der Waals surface area (Å²) in [5.74, 6) is -1.39. The molecule has 1 heterocycles. The van der Waals surface area contributed by atoms with E-state index in [0.29, 0.717) is 10.7 Å². The molecule has 0 radical (unpaired) electrons. The summed E-state index contributed by atoms with van der Waals surface area (Å²) < 4.78 is -0.729. The molecular weight excluding hydrogens is 462 g/mol. The summed E-state index contributed by atoms with van der Waals surface area (Å²) in [6.07, 6.45) is 0. The number of nitrogens with zero attached hydrogens (tertiary/aromatic N) is 1. The zero-order valence-corrected chi connectivity index (χ0v) is 18.4. The number of hydrogen-bond donors (Lipinski definition) is 0. The van der Waals surface area contributed by atoms with Crippen LogP contribution in [0.1, 0.15) is 33.7 Å². The molecule has 0 unspecified atom stereocenters. The maximum atomic E-state index is 13.9. The number of benzene rings is 3. The number of carbonyl (C=O) groups excluding carboxylic acids is 2. The Balaban J connectivity index is 1.63.